The fourth-order valence-corrected chi connectivity index (χ4v) is 1.82. The molecule has 0 saturated carbocycles. The van der Waals surface area contributed by atoms with Gasteiger partial charge in [-0.25, -0.2) is 4.79 Å². The van der Waals surface area contributed by atoms with Crippen molar-refractivity contribution < 1.29 is 14.3 Å². The molecule has 94 valence electrons. The molecule has 0 N–H and O–H groups in total. The van der Waals surface area contributed by atoms with Gasteiger partial charge in [0.1, 0.15) is 11.3 Å². The maximum Gasteiger partial charge on any atom is 0.345 e. The van der Waals surface area contributed by atoms with Gasteiger partial charge in [-0.3, -0.25) is 0 Å². The summed E-state index contributed by atoms with van der Waals surface area (Å²) < 4.78 is 10.9. The van der Waals surface area contributed by atoms with E-state index in [4.69, 9.17) is 9.47 Å². The predicted octanol–water partition coefficient (Wildman–Crippen LogP) is 3.56. The van der Waals surface area contributed by atoms with Crippen molar-refractivity contribution in [3.8, 4) is 5.75 Å². The van der Waals surface area contributed by atoms with Crippen LogP contribution in [-0.2, 0) is 4.74 Å². The highest BCUT2D eigenvalue weighted by Crippen LogP contribution is 2.33. The molecule has 0 spiro atoms. The number of fused-ring (bicyclic) bond motifs is 1. The van der Waals surface area contributed by atoms with E-state index in [9.17, 15) is 4.79 Å². The lowest BCUT2D eigenvalue weighted by molar-refractivity contribution is -0.127. The summed E-state index contributed by atoms with van der Waals surface area (Å²) in [6, 6.07) is 5.51. The Kier molecular flexibility index (Phi) is 3.24. The Bertz CT molecular complexity index is 525. The molecule has 0 aliphatic carbocycles. The van der Waals surface area contributed by atoms with Crippen molar-refractivity contribution in [1.29, 1.82) is 0 Å². The molecule has 1 aliphatic heterocycles. The summed E-state index contributed by atoms with van der Waals surface area (Å²) in [5.41, 5.74) is 1.28. The van der Waals surface area contributed by atoms with Crippen LogP contribution >= 0.6 is 0 Å². The Morgan fingerprint density at radius 1 is 1.17 bits per heavy atom. The Morgan fingerprint density at radius 3 is 2.67 bits per heavy atom. The van der Waals surface area contributed by atoms with Gasteiger partial charge in [0.05, 0.1) is 0 Å². The first-order valence-electron chi connectivity index (χ1n) is 5.88. The van der Waals surface area contributed by atoms with E-state index in [0.717, 1.165) is 5.56 Å². The summed E-state index contributed by atoms with van der Waals surface area (Å²) in [5, 5.41) is 0. The molecular formula is C15H16O3. The van der Waals surface area contributed by atoms with Crippen molar-refractivity contribution in [2.45, 2.75) is 26.6 Å². The third kappa shape index (κ3) is 2.45. The lowest BCUT2D eigenvalue weighted by Crippen LogP contribution is -2.39. The van der Waals surface area contributed by atoms with Gasteiger partial charge in [-0.15, -0.1) is 0 Å². The predicted molar refractivity (Wildman–Crippen MR) is 70.4 cm³/mol. The van der Waals surface area contributed by atoms with E-state index in [0.29, 0.717) is 11.3 Å². The van der Waals surface area contributed by atoms with Crippen LogP contribution in [0.2, 0.25) is 0 Å². The standard InChI is InChI=1S/C15H16O3/c1-4-5-6-8-11-9-7-10-12-13(11)14(16)18-15(2,3)17-12/h4-10H,1-3H3/b5-4+,8-6+. The zero-order valence-electron chi connectivity index (χ0n) is 10.8. The van der Waals surface area contributed by atoms with Gasteiger partial charge in [-0.05, 0) is 18.6 Å². The van der Waals surface area contributed by atoms with Crippen LogP contribution in [0.15, 0.2) is 36.4 Å². The average molecular weight is 244 g/mol. The van der Waals surface area contributed by atoms with E-state index >= 15 is 0 Å². The van der Waals surface area contributed by atoms with Crippen LogP contribution in [0, 0.1) is 0 Å². The number of ether oxygens (including phenoxy) is 2. The van der Waals surface area contributed by atoms with Gasteiger partial charge < -0.3 is 9.47 Å². The first-order chi connectivity index (χ1) is 8.53. The Labute approximate surface area is 107 Å². The molecule has 0 aromatic heterocycles. The van der Waals surface area contributed by atoms with Crippen molar-refractivity contribution >= 4 is 12.0 Å². The molecule has 0 fully saturated rings. The van der Waals surface area contributed by atoms with Gasteiger partial charge in [0.2, 0.25) is 5.79 Å². The van der Waals surface area contributed by atoms with E-state index in [1.807, 2.05) is 43.4 Å². The Balaban J connectivity index is 2.45. The minimum Gasteiger partial charge on any atom is -0.452 e. The van der Waals surface area contributed by atoms with Gasteiger partial charge in [0.15, 0.2) is 0 Å². The SMILES string of the molecule is C/C=C/C=C/c1cccc2c1C(=O)OC(C)(C)O2. The van der Waals surface area contributed by atoms with Crippen LogP contribution in [0.4, 0.5) is 0 Å². The number of hydrogen-bond acceptors (Lipinski definition) is 3. The van der Waals surface area contributed by atoms with Gasteiger partial charge in [0.25, 0.3) is 0 Å². The van der Waals surface area contributed by atoms with Crippen LogP contribution in [-0.4, -0.2) is 11.8 Å². The molecule has 3 nitrogen and oxygen atoms in total. The second-order valence-electron chi connectivity index (χ2n) is 4.50. The highest BCUT2D eigenvalue weighted by Gasteiger charge is 2.34. The summed E-state index contributed by atoms with van der Waals surface area (Å²) in [6.45, 7) is 5.37. The number of allylic oxidation sites excluding steroid dienone is 3. The van der Waals surface area contributed by atoms with Crippen molar-refractivity contribution in [2.24, 2.45) is 0 Å². The molecule has 0 unspecified atom stereocenters. The number of hydrogen-bond donors (Lipinski definition) is 0. The van der Waals surface area contributed by atoms with Gasteiger partial charge in [0, 0.05) is 13.8 Å². The first kappa shape index (κ1) is 12.4. The van der Waals surface area contributed by atoms with Gasteiger partial charge >= 0.3 is 5.97 Å². The number of carbonyl (C=O) groups excluding carboxylic acids is 1. The van der Waals surface area contributed by atoms with E-state index < -0.39 is 5.79 Å². The number of carbonyl (C=O) groups is 1. The lowest BCUT2D eigenvalue weighted by Gasteiger charge is -2.32. The molecule has 0 amide bonds. The summed E-state index contributed by atoms with van der Waals surface area (Å²) >= 11 is 0. The number of cyclic esters (lactones) is 1. The van der Waals surface area contributed by atoms with Crippen molar-refractivity contribution in [3.63, 3.8) is 0 Å². The maximum atomic E-state index is 12.0. The summed E-state index contributed by atoms with van der Waals surface area (Å²) in [4.78, 5) is 12.0. The molecular weight excluding hydrogens is 228 g/mol. The molecule has 18 heavy (non-hydrogen) atoms. The van der Waals surface area contributed by atoms with Crippen LogP contribution in [0.5, 0.6) is 5.75 Å². The second-order valence-corrected chi connectivity index (χ2v) is 4.50. The first-order valence-corrected chi connectivity index (χ1v) is 5.88. The minimum atomic E-state index is -0.907. The van der Waals surface area contributed by atoms with E-state index in [2.05, 4.69) is 0 Å². The number of rotatable bonds is 2. The summed E-state index contributed by atoms with van der Waals surface area (Å²) in [6.07, 6.45) is 7.56. The monoisotopic (exact) mass is 244 g/mol. The minimum absolute atomic E-state index is 0.345. The van der Waals surface area contributed by atoms with Crippen LogP contribution in [0.3, 0.4) is 0 Å². The molecule has 1 aromatic carbocycles. The average Bonchev–Trinajstić information content (AvgIpc) is 2.27. The van der Waals surface area contributed by atoms with E-state index in [1.54, 1.807) is 19.9 Å². The van der Waals surface area contributed by atoms with E-state index in [1.165, 1.54) is 0 Å². The third-order valence-corrected chi connectivity index (χ3v) is 2.54. The molecule has 2 rings (SSSR count). The van der Waals surface area contributed by atoms with Gasteiger partial charge in [-0.2, -0.15) is 0 Å². The van der Waals surface area contributed by atoms with Crippen LogP contribution < -0.4 is 4.74 Å². The second kappa shape index (κ2) is 4.69. The fourth-order valence-electron chi connectivity index (χ4n) is 1.82. The van der Waals surface area contributed by atoms with E-state index in [-0.39, 0.29) is 5.97 Å². The topological polar surface area (TPSA) is 35.5 Å². The van der Waals surface area contributed by atoms with Crippen molar-refractivity contribution in [3.05, 3.63) is 47.6 Å². The molecule has 1 aromatic rings. The number of esters is 1. The maximum absolute atomic E-state index is 12.0. The smallest absolute Gasteiger partial charge is 0.345 e. The highest BCUT2D eigenvalue weighted by molar-refractivity contribution is 5.97. The normalized spacial score (nSPS) is 17.6. The van der Waals surface area contributed by atoms with Crippen molar-refractivity contribution in [1.82, 2.24) is 0 Å². The number of benzene rings is 1. The molecule has 0 radical (unpaired) electrons. The molecule has 0 bridgehead atoms. The molecule has 0 atom stereocenters. The third-order valence-electron chi connectivity index (χ3n) is 2.54. The fraction of sp³-hybridized carbons (Fsp3) is 0.267. The quantitative estimate of drug-likeness (QED) is 0.589. The highest BCUT2D eigenvalue weighted by atomic mass is 16.7. The summed E-state index contributed by atoms with van der Waals surface area (Å²) in [7, 11) is 0. The Morgan fingerprint density at radius 2 is 1.94 bits per heavy atom. The molecule has 1 heterocycles. The zero-order valence-corrected chi connectivity index (χ0v) is 10.8. The lowest BCUT2D eigenvalue weighted by atomic mass is 10.0. The molecule has 1 aliphatic rings. The summed E-state index contributed by atoms with van der Waals surface area (Å²) in [5.74, 6) is -0.684. The molecule has 3 heteroatoms. The van der Waals surface area contributed by atoms with Crippen LogP contribution in [0.1, 0.15) is 36.7 Å². The van der Waals surface area contributed by atoms with Crippen LogP contribution in [0.25, 0.3) is 6.08 Å². The van der Waals surface area contributed by atoms with Gasteiger partial charge in [-0.1, -0.05) is 36.4 Å². The molecule has 0 saturated heterocycles. The zero-order chi connectivity index (χ0) is 13.2. The Hall–Kier alpha value is -2.03. The van der Waals surface area contributed by atoms with Crippen molar-refractivity contribution in [2.75, 3.05) is 0 Å². The largest absolute Gasteiger partial charge is 0.452 e.